The summed E-state index contributed by atoms with van der Waals surface area (Å²) in [6, 6.07) is 3.95. The van der Waals surface area contributed by atoms with Crippen molar-refractivity contribution in [3.63, 3.8) is 0 Å². The molecule has 0 bridgehead atoms. The fourth-order valence-corrected chi connectivity index (χ4v) is 6.00. The van der Waals surface area contributed by atoms with Gasteiger partial charge in [0, 0.05) is 0 Å². The average molecular weight is 358 g/mol. The number of aromatic nitrogens is 1. The number of rotatable bonds is 1. The third kappa shape index (κ3) is 2.71. The number of nitrogens with zero attached hydrogens (tertiary/aromatic N) is 1. The first-order valence-corrected chi connectivity index (χ1v) is 8.58. The molecule has 0 amide bonds. The van der Waals surface area contributed by atoms with E-state index in [2.05, 4.69) is 20.8 Å². The van der Waals surface area contributed by atoms with E-state index in [0.717, 1.165) is 0 Å². The molecule has 0 aliphatic heterocycles. The quantitative estimate of drug-likeness (QED) is 0.734. The van der Waals surface area contributed by atoms with Crippen LogP contribution in [0.1, 0.15) is 20.8 Å². The summed E-state index contributed by atoms with van der Waals surface area (Å²) in [5.41, 5.74) is 1.29. The van der Waals surface area contributed by atoms with Crippen LogP contribution in [0.15, 0.2) is 21.3 Å². The molecule has 0 fully saturated rings. The van der Waals surface area contributed by atoms with Gasteiger partial charge in [-0.25, -0.2) is 0 Å². The van der Waals surface area contributed by atoms with Gasteiger partial charge in [-0.2, -0.15) is 0 Å². The van der Waals surface area contributed by atoms with Crippen LogP contribution in [-0.2, 0) is 7.05 Å². The van der Waals surface area contributed by atoms with Gasteiger partial charge in [0.2, 0.25) is 0 Å². The molecule has 5 heteroatoms. The van der Waals surface area contributed by atoms with Crippen molar-refractivity contribution in [2.45, 2.75) is 24.2 Å². The molecule has 1 aromatic heterocycles. The number of halogens is 1. The Bertz CT molecular complexity index is 622. The summed E-state index contributed by atoms with van der Waals surface area (Å²) < 4.78 is 8.23. The summed E-state index contributed by atoms with van der Waals surface area (Å²) in [5.74, 6) is -0.361. The molecule has 0 aliphatic rings. The van der Waals surface area contributed by atoms with Crippen molar-refractivity contribution in [1.82, 2.24) is 4.57 Å². The Morgan fingerprint density at radius 1 is 1.35 bits per heavy atom. The van der Waals surface area contributed by atoms with Crippen LogP contribution in [-0.4, -0.2) is 25.7 Å². The van der Waals surface area contributed by atoms with Crippen LogP contribution >= 0.6 is 11.6 Å². The number of hydrogen-bond acceptors (Lipinski definition) is 2. The predicted octanol–water partition coefficient (Wildman–Crippen LogP) is 2.33. The van der Waals surface area contributed by atoms with Gasteiger partial charge in [-0.05, 0) is 0 Å². The summed E-state index contributed by atoms with van der Waals surface area (Å²) in [6.07, 6.45) is 0. The Labute approximate surface area is 115 Å². The van der Waals surface area contributed by atoms with E-state index in [9.17, 15) is 4.79 Å². The Kier molecular flexibility index (Phi) is 3.33. The van der Waals surface area contributed by atoms with Crippen LogP contribution in [0.2, 0.25) is 8.45 Å². The molecule has 2 rings (SSSR count). The second kappa shape index (κ2) is 4.35. The Hall–Kier alpha value is -0.421. The van der Waals surface area contributed by atoms with Gasteiger partial charge in [0.05, 0.1) is 0 Å². The van der Waals surface area contributed by atoms with Crippen LogP contribution in [0.5, 0.6) is 0 Å². The molecule has 0 N–H and O–H groups in total. The molecular weight excluding hydrogens is 344 g/mol. The van der Waals surface area contributed by atoms with Gasteiger partial charge in [0.15, 0.2) is 0 Å². The summed E-state index contributed by atoms with van der Waals surface area (Å²) in [5, 5.41) is 0.607. The molecule has 0 aliphatic carbocycles. The third-order valence-corrected chi connectivity index (χ3v) is 6.43. The van der Waals surface area contributed by atoms with Crippen molar-refractivity contribution in [3.8, 4) is 0 Å². The molecule has 0 unspecified atom stereocenters. The zero-order valence-electron chi connectivity index (χ0n) is 10.3. The molecule has 1 aromatic carbocycles. The summed E-state index contributed by atoms with van der Waals surface area (Å²) in [7, 11) is 1.67. The number of oxazole rings is 1. The Morgan fingerprint density at radius 3 is 2.59 bits per heavy atom. The first-order chi connectivity index (χ1) is 7.78. The standard InChI is InChI=1S/C8H5ClNO2.C4H9.Sn/c1-10-7-5(9)3-2-4-6(7)12-8(10)11;1-4(2)3;/h3-4H,1H3;1-3H3;. The second-order valence-electron chi connectivity index (χ2n) is 5.11. The van der Waals surface area contributed by atoms with E-state index in [1.165, 1.54) is 8.15 Å². The molecule has 2 aromatic rings. The summed E-state index contributed by atoms with van der Waals surface area (Å²) in [6.45, 7) is 6.70. The van der Waals surface area contributed by atoms with Crippen molar-refractivity contribution in [2.75, 3.05) is 0 Å². The van der Waals surface area contributed by atoms with Gasteiger partial charge < -0.3 is 0 Å². The van der Waals surface area contributed by atoms with Crippen LogP contribution < -0.4 is 9.34 Å². The monoisotopic (exact) mass is 359 g/mol. The maximum absolute atomic E-state index is 11.4. The number of benzene rings is 1. The molecule has 90 valence electrons. The third-order valence-electron chi connectivity index (χ3n) is 2.35. The van der Waals surface area contributed by atoms with Crippen molar-refractivity contribution >= 4 is 47.4 Å². The van der Waals surface area contributed by atoms with Gasteiger partial charge in [0.25, 0.3) is 0 Å². The average Bonchev–Trinajstić information content (AvgIpc) is 2.39. The van der Waals surface area contributed by atoms with Crippen LogP contribution in [0.3, 0.4) is 0 Å². The molecule has 17 heavy (non-hydrogen) atoms. The van der Waals surface area contributed by atoms with E-state index in [1.54, 1.807) is 7.05 Å². The van der Waals surface area contributed by atoms with Gasteiger partial charge in [-0.1, -0.05) is 0 Å². The molecular formula is C12H14ClNO2Sn. The second-order valence-corrected chi connectivity index (χ2v) is 12.2. The van der Waals surface area contributed by atoms with Crippen molar-refractivity contribution in [3.05, 3.63) is 27.7 Å². The van der Waals surface area contributed by atoms with Gasteiger partial charge in [-0.15, -0.1) is 0 Å². The van der Waals surface area contributed by atoms with Gasteiger partial charge in [-0.3, -0.25) is 0 Å². The van der Waals surface area contributed by atoms with Crippen molar-refractivity contribution in [2.24, 2.45) is 7.05 Å². The van der Waals surface area contributed by atoms with E-state index in [-0.39, 0.29) is 5.76 Å². The van der Waals surface area contributed by atoms with E-state index < -0.39 is 21.1 Å². The van der Waals surface area contributed by atoms with E-state index in [0.29, 0.717) is 19.6 Å². The fourth-order valence-electron chi connectivity index (χ4n) is 1.74. The molecule has 0 atom stereocenters. The van der Waals surface area contributed by atoms with E-state index >= 15 is 0 Å². The minimum absolute atomic E-state index is 0.343. The van der Waals surface area contributed by atoms with Crippen LogP contribution in [0.4, 0.5) is 0 Å². The molecule has 0 spiro atoms. The molecule has 3 nitrogen and oxygen atoms in total. The van der Waals surface area contributed by atoms with E-state index in [4.69, 9.17) is 16.0 Å². The summed E-state index contributed by atoms with van der Waals surface area (Å²) >= 11 is 5.48. The fraction of sp³-hybridized carbons (Fsp3) is 0.417. The maximum atomic E-state index is 11.4. The van der Waals surface area contributed by atoms with Gasteiger partial charge in [0.1, 0.15) is 0 Å². The van der Waals surface area contributed by atoms with E-state index in [1.807, 2.05) is 12.1 Å². The zero-order chi connectivity index (χ0) is 12.8. The SMILES string of the molecule is Cn1c(=O)oc2c[c]([Sn][C](C)(C)C)cc(Cl)c21. The number of hydrogen-bond donors (Lipinski definition) is 0. The van der Waals surface area contributed by atoms with Crippen molar-refractivity contribution < 1.29 is 4.42 Å². The number of aryl methyl sites for hydroxylation is 1. The van der Waals surface area contributed by atoms with Gasteiger partial charge >= 0.3 is 115 Å². The molecule has 2 radical (unpaired) electrons. The first-order valence-electron chi connectivity index (χ1n) is 5.35. The van der Waals surface area contributed by atoms with Crippen molar-refractivity contribution in [1.29, 1.82) is 0 Å². The normalized spacial score (nSPS) is 12.3. The topological polar surface area (TPSA) is 35.1 Å². The minimum atomic E-state index is -0.740. The predicted molar refractivity (Wildman–Crippen MR) is 71.6 cm³/mol. The van der Waals surface area contributed by atoms with Crippen LogP contribution in [0.25, 0.3) is 11.1 Å². The number of fused-ring (bicyclic) bond motifs is 1. The Balaban J connectivity index is 2.60. The van der Waals surface area contributed by atoms with Crippen LogP contribution in [0, 0.1) is 0 Å². The first kappa shape index (κ1) is 13.0. The molecule has 0 saturated carbocycles. The Morgan fingerprint density at radius 2 is 2.00 bits per heavy atom. The zero-order valence-corrected chi connectivity index (χ0v) is 13.9. The molecule has 0 saturated heterocycles. The molecule has 1 heterocycles. The summed E-state index contributed by atoms with van der Waals surface area (Å²) in [4.78, 5) is 11.4.